The molecule has 2 rings (SSSR count). The van der Waals surface area contributed by atoms with E-state index < -0.39 is 0 Å². The molecule has 2 heterocycles. The maximum absolute atomic E-state index is 4.98. The lowest BCUT2D eigenvalue weighted by Gasteiger charge is -2.34. The van der Waals surface area contributed by atoms with Crippen LogP contribution >= 0.6 is 0 Å². The summed E-state index contributed by atoms with van der Waals surface area (Å²) >= 11 is 0. The molecule has 0 aromatic carbocycles. The molecule has 122 valence electrons. The summed E-state index contributed by atoms with van der Waals surface area (Å²) in [5.74, 6) is 1.02. The van der Waals surface area contributed by atoms with Gasteiger partial charge in [0.15, 0.2) is 0 Å². The number of fused-ring (bicyclic) bond motifs is 1. The molecule has 2 nitrogen and oxygen atoms in total. The normalized spacial score (nSPS) is 19.0. The summed E-state index contributed by atoms with van der Waals surface area (Å²) < 4.78 is 0. The van der Waals surface area contributed by atoms with Crippen LogP contribution in [0.3, 0.4) is 0 Å². The van der Waals surface area contributed by atoms with Gasteiger partial charge < -0.3 is 4.90 Å². The highest BCUT2D eigenvalue weighted by Crippen LogP contribution is 2.42. The van der Waals surface area contributed by atoms with E-state index in [4.69, 9.17) is 4.98 Å². The molecule has 0 spiro atoms. The molecule has 0 N–H and O–H groups in total. The standard InChI is InChI=1S/C20H32N2/c1-11(2)19-20-18(16(8)17(9)21-19)15(7)14(6)13(5)10-22(20)12(3)4/h11-13H,10H2,1-9H3/t13-/m1/s1. The summed E-state index contributed by atoms with van der Waals surface area (Å²) in [7, 11) is 0. The highest BCUT2D eigenvalue weighted by atomic mass is 15.2. The monoisotopic (exact) mass is 300 g/mol. The number of rotatable bonds is 2. The first-order valence-corrected chi connectivity index (χ1v) is 8.62. The zero-order chi connectivity index (χ0) is 16.8. The van der Waals surface area contributed by atoms with Crippen molar-refractivity contribution in [1.29, 1.82) is 0 Å². The van der Waals surface area contributed by atoms with Gasteiger partial charge in [-0.2, -0.15) is 0 Å². The lowest BCUT2D eigenvalue weighted by atomic mass is 9.90. The Labute approximate surface area is 136 Å². The summed E-state index contributed by atoms with van der Waals surface area (Å²) in [5.41, 5.74) is 9.57. The van der Waals surface area contributed by atoms with Gasteiger partial charge in [0.25, 0.3) is 0 Å². The van der Waals surface area contributed by atoms with Crippen molar-refractivity contribution in [2.24, 2.45) is 5.92 Å². The third kappa shape index (κ3) is 2.68. The van der Waals surface area contributed by atoms with Gasteiger partial charge in [-0.3, -0.25) is 4.98 Å². The molecule has 0 saturated carbocycles. The number of nitrogens with zero attached hydrogens (tertiary/aromatic N) is 2. The third-order valence-electron chi connectivity index (χ3n) is 5.32. The molecule has 0 radical (unpaired) electrons. The highest BCUT2D eigenvalue weighted by molar-refractivity contribution is 5.83. The molecule has 0 amide bonds. The van der Waals surface area contributed by atoms with Crippen LogP contribution in [0.5, 0.6) is 0 Å². The van der Waals surface area contributed by atoms with Gasteiger partial charge >= 0.3 is 0 Å². The fourth-order valence-corrected chi connectivity index (χ4v) is 3.52. The van der Waals surface area contributed by atoms with Gasteiger partial charge in [0.05, 0.1) is 11.4 Å². The van der Waals surface area contributed by atoms with Crippen LogP contribution in [0.4, 0.5) is 5.69 Å². The molecular weight excluding hydrogens is 268 g/mol. The lowest BCUT2D eigenvalue weighted by molar-refractivity contribution is 0.588. The zero-order valence-electron chi connectivity index (χ0n) is 15.8. The number of aryl methyl sites for hydroxylation is 1. The number of allylic oxidation sites excluding steroid dienone is 1. The smallest absolute Gasteiger partial charge is 0.0671 e. The van der Waals surface area contributed by atoms with E-state index in [0.29, 0.717) is 17.9 Å². The SMILES string of the molecule is CC1=C(C)[C@H](C)CN(C(C)C)c2c(C(C)C)nc(C)c(C)c21. The van der Waals surface area contributed by atoms with E-state index in [2.05, 4.69) is 67.2 Å². The molecule has 1 aromatic rings. The van der Waals surface area contributed by atoms with Crippen LogP contribution < -0.4 is 4.90 Å². The van der Waals surface area contributed by atoms with Crippen LogP contribution in [0.15, 0.2) is 5.57 Å². The molecular formula is C20H32N2. The zero-order valence-corrected chi connectivity index (χ0v) is 15.8. The molecule has 0 bridgehead atoms. The Bertz CT molecular complexity index is 609. The molecule has 1 aromatic heterocycles. The fraction of sp³-hybridized carbons (Fsp3) is 0.650. The molecule has 1 atom stereocenters. The van der Waals surface area contributed by atoms with Crippen LogP contribution in [0.1, 0.15) is 76.9 Å². The molecule has 1 aliphatic heterocycles. The maximum Gasteiger partial charge on any atom is 0.0671 e. The van der Waals surface area contributed by atoms with E-state index in [1.165, 1.54) is 39.3 Å². The second-order valence-corrected chi connectivity index (χ2v) is 7.54. The van der Waals surface area contributed by atoms with Crippen LogP contribution in [0.25, 0.3) is 5.57 Å². The summed E-state index contributed by atoms with van der Waals surface area (Å²) in [6.07, 6.45) is 0. The van der Waals surface area contributed by atoms with E-state index >= 15 is 0 Å². The van der Waals surface area contributed by atoms with E-state index in [9.17, 15) is 0 Å². The van der Waals surface area contributed by atoms with Gasteiger partial charge in [0, 0.05) is 23.8 Å². The second kappa shape index (κ2) is 6.06. The number of hydrogen-bond acceptors (Lipinski definition) is 2. The summed E-state index contributed by atoms with van der Waals surface area (Å²) in [6, 6.07) is 0.487. The predicted molar refractivity (Wildman–Crippen MR) is 97.7 cm³/mol. The van der Waals surface area contributed by atoms with Crippen molar-refractivity contribution in [2.45, 2.75) is 74.3 Å². The molecule has 0 fully saturated rings. The Balaban J connectivity index is 2.90. The quantitative estimate of drug-likeness (QED) is 0.719. The number of anilines is 1. The average molecular weight is 300 g/mol. The Kier molecular flexibility index (Phi) is 4.70. The van der Waals surface area contributed by atoms with Gasteiger partial charge in [0.1, 0.15) is 0 Å². The Morgan fingerprint density at radius 2 is 1.64 bits per heavy atom. The van der Waals surface area contributed by atoms with E-state index in [1.807, 2.05) is 0 Å². The summed E-state index contributed by atoms with van der Waals surface area (Å²) in [6.45, 7) is 21.5. The Morgan fingerprint density at radius 1 is 1.05 bits per heavy atom. The summed E-state index contributed by atoms with van der Waals surface area (Å²) in [5, 5.41) is 0. The van der Waals surface area contributed by atoms with Gasteiger partial charge in [0.2, 0.25) is 0 Å². The van der Waals surface area contributed by atoms with Crippen LogP contribution in [0, 0.1) is 19.8 Å². The maximum atomic E-state index is 4.98. The number of hydrogen-bond donors (Lipinski definition) is 0. The summed E-state index contributed by atoms with van der Waals surface area (Å²) in [4.78, 5) is 7.56. The van der Waals surface area contributed by atoms with E-state index in [-0.39, 0.29) is 0 Å². The van der Waals surface area contributed by atoms with E-state index in [0.717, 1.165) is 6.54 Å². The lowest BCUT2D eigenvalue weighted by Crippen LogP contribution is -2.36. The minimum Gasteiger partial charge on any atom is -0.367 e. The third-order valence-corrected chi connectivity index (χ3v) is 5.32. The van der Waals surface area contributed by atoms with Crippen molar-refractivity contribution >= 4 is 11.3 Å². The van der Waals surface area contributed by atoms with Crippen molar-refractivity contribution in [1.82, 2.24) is 4.98 Å². The second-order valence-electron chi connectivity index (χ2n) is 7.54. The van der Waals surface area contributed by atoms with Gasteiger partial charge in [-0.25, -0.2) is 0 Å². The average Bonchev–Trinajstić information content (AvgIpc) is 2.53. The molecule has 22 heavy (non-hydrogen) atoms. The van der Waals surface area contributed by atoms with Gasteiger partial charge in [-0.15, -0.1) is 0 Å². The first kappa shape index (κ1) is 17.1. The molecule has 0 saturated heterocycles. The number of aromatic nitrogens is 1. The first-order valence-electron chi connectivity index (χ1n) is 8.62. The first-order chi connectivity index (χ1) is 10.2. The highest BCUT2D eigenvalue weighted by Gasteiger charge is 2.29. The Hall–Kier alpha value is -1.31. The number of pyridine rings is 1. The van der Waals surface area contributed by atoms with Gasteiger partial charge in [-0.1, -0.05) is 26.3 Å². The van der Waals surface area contributed by atoms with Crippen LogP contribution in [0.2, 0.25) is 0 Å². The largest absolute Gasteiger partial charge is 0.367 e. The molecule has 0 aliphatic carbocycles. The van der Waals surface area contributed by atoms with Gasteiger partial charge in [-0.05, 0) is 64.5 Å². The fourth-order valence-electron chi connectivity index (χ4n) is 3.52. The van der Waals surface area contributed by atoms with Crippen LogP contribution in [-0.2, 0) is 0 Å². The molecule has 0 unspecified atom stereocenters. The predicted octanol–water partition coefficient (Wildman–Crippen LogP) is 5.48. The van der Waals surface area contributed by atoms with Crippen molar-refractivity contribution in [3.05, 3.63) is 28.1 Å². The topological polar surface area (TPSA) is 16.1 Å². The molecule has 1 aliphatic rings. The minimum absolute atomic E-state index is 0.441. The van der Waals surface area contributed by atoms with E-state index in [1.54, 1.807) is 0 Å². The Morgan fingerprint density at radius 3 is 2.14 bits per heavy atom. The van der Waals surface area contributed by atoms with Crippen molar-refractivity contribution in [3.8, 4) is 0 Å². The molecule has 2 heteroatoms. The minimum atomic E-state index is 0.441. The van der Waals surface area contributed by atoms with Crippen LogP contribution in [-0.4, -0.2) is 17.6 Å². The van der Waals surface area contributed by atoms with Crippen molar-refractivity contribution < 1.29 is 0 Å². The van der Waals surface area contributed by atoms with Crippen molar-refractivity contribution in [2.75, 3.05) is 11.4 Å². The van der Waals surface area contributed by atoms with Crippen molar-refractivity contribution in [3.63, 3.8) is 0 Å².